The van der Waals surface area contributed by atoms with Gasteiger partial charge in [-0.05, 0) is 35.9 Å². The summed E-state index contributed by atoms with van der Waals surface area (Å²) in [5.41, 5.74) is 4.06. The second kappa shape index (κ2) is 7.72. The van der Waals surface area contributed by atoms with Crippen LogP contribution >= 0.6 is 0 Å². The minimum absolute atomic E-state index is 0.249. The average molecular weight is 394 g/mol. The Balaban J connectivity index is 1.33. The molecule has 2 heterocycles. The van der Waals surface area contributed by atoms with Crippen molar-refractivity contribution in [3.63, 3.8) is 0 Å². The molecule has 0 fully saturated rings. The number of fused-ring (bicyclic) bond motifs is 1. The van der Waals surface area contributed by atoms with Gasteiger partial charge in [-0.25, -0.2) is 4.98 Å². The maximum atomic E-state index is 12.6. The highest BCUT2D eigenvalue weighted by atomic mass is 16.4. The lowest BCUT2D eigenvalue weighted by Crippen LogP contribution is -2.10. The van der Waals surface area contributed by atoms with Gasteiger partial charge in [-0.15, -0.1) is 0 Å². The van der Waals surface area contributed by atoms with Gasteiger partial charge in [-0.3, -0.25) is 4.79 Å². The van der Waals surface area contributed by atoms with E-state index in [2.05, 4.69) is 10.3 Å². The Hall–Kier alpha value is -4.12. The Morgan fingerprint density at radius 1 is 0.833 bits per heavy atom. The molecule has 146 valence electrons. The largest absolute Gasteiger partial charge is 0.451 e. The molecule has 0 saturated heterocycles. The van der Waals surface area contributed by atoms with Crippen LogP contribution in [0.15, 0.2) is 99.8 Å². The first kappa shape index (κ1) is 17.9. The monoisotopic (exact) mass is 394 g/mol. The summed E-state index contributed by atoms with van der Waals surface area (Å²) in [6.07, 6.45) is 0.617. The molecule has 0 atom stereocenters. The molecule has 5 aromatic rings. The summed E-state index contributed by atoms with van der Waals surface area (Å²) < 4.78 is 11.5. The van der Waals surface area contributed by atoms with E-state index in [-0.39, 0.29) is 11.7 Å². The number of nitrogens with zero attached hydrogens (tertiary/aromatic N) is 1. The molecular formula is C25H18N2O3. The molecule has 3 aromatic carbocycles. The summed E-state index contributed by atoms with van der Waals surface area (Å²) >= 11 is 0. The quantitative estimate of drug-likeness (QED) is 0.401. The van der Waals surface area contributed by atoms with E-state index in [0.717, 1.165) is 11.1 Å². The van der Waals surface area contributed by atoms with Crippen LogP contribution in [0, 0.1) is 0 Å². The zero-order valence-corrected chi connectivity index (χ0v) is 16.0. The molecule has 5 heteroatoms. The normalized spacial score (nSPS) is 10.9. The molecular weight excluding hydrogens is 376 g/mol. The molecule has 0 aliphatic heterocycles. The van der Waals surface area contributed by atoms with Gasteiger partial charge >= 0.3 is 0 Å². The minimum atomic E-state index is -0.315. The number of carbonyl (C=O) groups excluding carboxylic acids is 1. The van der Waals surface area contributed by atoms with Crippen LogP contribution in [0.4, 0.5) is 5.69 Å². The Labute approximate surface area is 173 Å². The predicted molar refractivity (Wildman–Crippen MR) is 115 cm³/mol. The van der Waals surface area contributed by atoms with Gasteiger partial charge in [-0.2, -0.15) is 0 Å². The van der Waals surface area contributed by atoms with Crippen molar-refractivity contribution in [3.8, 4) is 11.3 Å². The van der Waals surface area contributed by atoms with Crippen molar-refractivity contribution in [1.29, 1.82) is 0 Å². The highest BCUT2D eigenvalue weighted by Crippen LogP contribution is 2.24. The van der Waals surface area contributed by atoms with E-state index in [9.17, 15) is 4.79 Å². The third-order valence-corrected chi connectivity index (χ3v) is 4.78. The van der Waals surface area contributed by atoms with E-state index >= 15 is 0 Å². The predicted octanol–water partition coefficient (Wildman–Crippen LogP) is 5.93. The Morgan fingerprint density at radius 3 is 2.40 bits per heavy atom. The van der Waals surface area contributed by atoms with Crippen molar-refractivity contribution >= 4 is 22.7 Å². The first-order valence-electron chi connectivity index (χ1n) is 9.65. The molecule has 0 radical (unpaired) electrons. The number of rotatable bonds is 5. The van der Waals surface area contributed by atoms with Crippen molar-refractivity contribution in [3.05, 3.63) is 108 Å². The van der Waals surface area contributed by atoms with Crippen LogP contribution < -0.4 is 5.32 Å². The summed E-state index contributed by atoms with van der Waals surface area (Å²) in [7, 11) is 0. The van der Waals surface area contributed by atoms with Crippen molar-refractivity contribution in [1.82, 2.24) is 4.98 Å². The van der Waals surface area contributed by atoms with E-state index in [4.69, 9.17) is 8.83 Å². The summed E-state index contributed by atoms with van der Waals surface area (Å²) in [6, 6.07) is 28.6. The number of benzene rings is 3. The van der Waals surface area contributed by atoms with Gasteiger partial charge < -0.3 is 14.2 Å². The molecule has 0 spiro atoms. The van der Waals surface area contributed by atoms with Crippen LogP contribution in [0.25, 0.3) is 22.4 Å². The maximum Gasteiger partial charge on any atom is 0.291 e. The summed E-state index contributed by atoms with van der Waals surface area (Å²) in [5, 5.41) is 2.86. The van der Waals surface area contributed by atoms with Crippen molar-refractivity contribution in [2.75, 3.05) is 5.32 Å². The lowest BCUT2D eigenvalue weighted by molar-refractivity contribution is 0.0997. The molecule has 1 N–H and O–H groups in total. The number of hydrogen-bond acceptors (Lipinski definition) is 4. The van der Waals surface area contributed by atoms with Gasteiger partial charge in [0, 0.05) is 17.7 Å². The van der Waals surface area contributed by atoms with Crippen LogP contribution in [0.5, 0.6) is 0 Å². The third kappa shape index (κ3) is 3.73. The summed E-state index contributed by atoms with van der Waals surface area (Å²) in [4.78, 5) is 17.1. The third-order valence-electron chi connectivity index (χ3n) is 4.78. The SMILES string of the molecule is O=C(Nc1ccc2oc(Cc3ccccc3)nc2c1)c1ccc(-c2ccccc2)o1. The number of oxazole rings is 1. The van der Waals surface area contributed by atoms with Gasteiger partial charge in [-0.1, -0.05) is 60.7 Å². The van der Waals surface area contributed by atoms with Crippen molar-refractivity contribution in [2.45, 2.75) is 6.42 Å². The van der Waals surface area contributed by atoms with E-state index in [1.54, 1.807) is 24.3 Å². The van der Waals surface area contributed by atoms with Crippen LogP contribution in [-0.4, -0.2) is 10.9 Å². The summed E-state index contributed by atoms with van der Waals surface area (Å²) in [6.45, 7) is 0. The number of amides is 1. The van der Waals surface area contributed by atoms with Gasteiger partial charge in [0.25, 0.3) is 5.91 Å². The Kier molecular flexibility index (Phi) is 4.62. The summed E-state index contributed by atoms with van der Waals surface area (Å²) in [5.74, 6) is 1.22. The minimum Gasteiger partial charge on any atom is -0.451 e. The molecule has 5 rings (SSSR count). The lowest BCUT2D eigenvalue weighted by Gasteiger charge is -2.02. The zero-order chi connectivity index (χ0) is 20.3. The molecule has 0 saturated carbocycles. The van der Waals surface area contributed by atoms with Crippen molar-refractivity contribution in [2.24, 2.45) is 0 Å². The fourth-order valence-electron chi connectivity index (χ4n) is 3.31. The molecule has 0 aliphatic rings. The van der Waals surface area contributed by atoms with Crippen LogP contribution in [0.3, 0.4) is 0 Å². The van der Waals surface area contributed by atoms with E-state index < -0.39 is 0 Å². The Morgan fingerprint density at radius 2 is 1.60 bits per heavy atom. The van der Waals surface area contributed by atoms with Crippen LogP contribution in [0.1, 0.15) is 22.0 Å². The van der Waals surface area contributed by atoms with Crippen LogP contribution in [-0.2, 0) is 6.42 Å². The van der Waals surface area contributed by atoms with E-state index in [1.165, 1.54) is 0 Å². The highest BCUT2D eigenvalue weighted by molar-refractivity contribution is 6.03. The van der Waals surface area contributed by atoms with E-state index in [0.29, 0.717) is 34.9 Å². The molecule has 5 nitrogen and oxygen atoms in total. The number of nitrogens with one attached hydrogen (secondary N) is 1. The topological polar surface area (TPSA) is 68.3 Å². The number of aromatic nitrogens is 1. The molecule has 2 aromatic heterocycles. The number of furan rings is 1. The van der Waals surface area contributed by atoms with E-state index in [1.807, 2.05) is 66.7 Å². The first-order chi connectivity index (χ1) is 14.7. The molecule has 0 aliphatic carbocycles. The fraction of sp³-hybridized carbons (Fsp3) is 0.0400. The van der Waals surface area contributed by atoms with Gasteiger partial charge in [0.15, 0.2) is 17.2 Å². The standard InChI is InChI=1S/C25H18N2O3/c28-25(23-14-13-21(29-23)18-9-5-2-6-10-18)26-19-11-12-22-20(16-19)27-24(30-22)15-17-7-3-1-4-8-17/h1-14,16H,15H2,(H,26,28). The van der Waals surface area contributed by atoms with Gasteiger partial charge in [0.2, 0.25) is 0 Å². The lowest BCUT2D eigenvalue weighted by atomic mass is 10.1. The smallest absolute Gasteiger partial charge is 0.291 e. The van der Waals surface area contributed by atoms with Crippen molar-refractivity contribution < 1.29 is 13.6 Å². The van der Waals surface area contributed by atoms with Crippen LogP contribution in [0.2, 0.25) is 0 Å². The second-order valence-corrected chi connectivity index (χ2v) is 6.94. The van der Waals surface area contributed by atoms with Gasteiger partial charge in [0.1, 0.15) is 11.3 Å². The second-order valence-electron chi connectivity index (χ2n) is 6.94. The number of hydrogen-bond donors (Lipinski definition) is 1. The Bertz CT molecular complexity index is 1300. The zero-order valence-electron chi connectivity index (χ0n) is 16.0. The molecule has 30 heavy (non-hydrogen) atoms. The first-order valence-corrected chi connectivity index (χ1v) is 9.65. The molecule has 0 bridgehead atoms. The highest BCUT2D eigenvalue weighted by Gasteiger charge is 2.14. The average Bonchev–Trinajstić information content (AvgIpc) is 3.42. The van der Waals surface area contributed by atoms with Gasteiger partial charge in [0.05, 0.1) is 0 Å². The fourth-order valence-corrected chi connectivity index (χ4v) is 3.31. The number of anilines is 1. The number of carbonyl (C=O) groups is 1. The maximum absolute atomic E-state index is 12.6. The molecule has 0 unspecified atom stereocenters. The molecule has 1 amide bonds.